The molecule has 1 aliphatic rings. The highest BCUT2D eigenvalue weighted by Crippen LogP contribution is 2.35. The number of carboxylic acids is 1. The Morgan fingerprint density at radius 3 is 2.63 bits per heavy atom. The molecule has 1 aliphatic heterocycles. The summed E-state index contributed by atoms with van der Waals surface area (Å²) in [4.78, 5) is 18.3. The molecule has 2 unspecified atom stereocenters. The fourth-order valence-corrected chi connectivity index (χ4v) is 4.28. The molecule has 0 radical (unpaired) electrons. The van der Waals surface area contributed by atoms with E-state index in [1.807, 2.05) is 24.4 Å². The van der Waals surface area contributed by atoms with Gasteiger partial charge in [-0.3, -0.25) is 14.7 Å². The van der Waals surface area contributed by atoms with E-state index < -0.39 is 12.0 Å². The Balaban J connectivity index is 1.83. The molecule has 1 N–H and O–H groups in total. The summed E-state index contributed by atoms with van der Waals surface area (Å²) in [6, 6.07) is 16.0. The highest BCUT2D eigenvalue weighted by Gasteiger charge is 2.35. The zero-order valence-corrected chi connectivity index (χ0v) is 16.5. The van der Waals surface area contributed by atoms with Crippen molar-refractivity contribution in [1.29, 1.82) is 0 Å². The van der Waals surface area contributed by atoms with E-state index in [2.05, 4.69) is 56.1 Å². The fourth-order valence-electron chi connectivity index (χ4n) is 4.02. The molecular formula is C22H21BrN2O2. The van der Waals surface area contributed by atoms with Gasteiger partial charge in [0.25, 0.3) is 0 Å². The number of benzene rings is 2. The van der Waals surface area contributed by atoms with Crippen LogP contribution in [0.4, 0.5) is 0 Å². The van der Waals surface area contributed by atoms with Crippen LogP contribution < -0.4 is 0 Å². The number of carbonyl (C=O) groups is 1. The van der Waals surface area contributed by atoms with Crippen LogP contribution in [0.25, 0.3) is 10.8 Å². The number of aliphatic carboxylic acids is 1. The Hall–Kier alpha value is -2.24. The number of piperidine rings is 1. The van der Waals surface area contributed by atoms with E-state index >= 15 is 0 Å². The number of halogens is 1. The molecule has 3 aromatic rings. The van der Waals surface area contributed by atoms with Gasteiger partial charge in [-0.1, -0.05) is 46.6 Å². The molecule has 27 heavy (non-hydrogen) atoms. The van der Waals surface area contributed by atoms with E-state index in [0.717, 1.165) is 45.8 Å². The summed E-state index contributed by atoms with van der Waals surface area (Å²) < 4.78 is 1.02. The largest absolute Gasteiger partial charge is 0.480 e. The van der Waals surface area contributed by atoms with Gasteiger partial charge >= 0.3 is 5.97 Å². The lowest BCUT2D eigenvalue weighted by Gasteiger charge is -2.39. The van der Waals surface area contributed by atoms with Crippen LogP contribution in [0.1, 0.15) is 36.4 Å². The van der Waals surface area contributed by atoms with Crippen LogP contribution in [-0.4, -0.2) is 33.5 Å². The molecule has 0 aliphatic carbocycles. The van der Waals surface area contributed by atoms with Gasteiger partial charge < -0.3 is 5.11 Å². The first-order valence-corrected chi connectivity index (χ1v) is 10.0. The molecule has 1 aromatic heterocycles. The molecule has 0 bridgehead atoms. The zero-order valence-electron chi connectivity index (χ0n) is 14.9. The minimum Gasteiger partial charge on any atom is -0.480 e. The minimum atomic E-state index is -0.734. The first-order chi connectivity index (χ1) is 13.1. The first-order valence-electron chi connectivity index (χ1n) is 9.21. The molecule has 2 atom stereocenters. The number of aromatic nitrogens is 1. The van der Waals surface area contributed by atoms with E-state index in [9.17, 15) is 9.90 Å². The third kappa shape index (κ3) is 3.75. The van der Waals surface area contributed by atoms with Crippen LogP contribution in [0.5, 0.6) is 0 Å². The van der Waals surface area contributed by atoms with Crippen molar-refractivity contribution in [3.63, 3.8) is 0 Å². The van der Waals surface area contributed by atoms with Gasteiger partial charge in [-0.05, 0) is 60.2 Å². The lowest BCUT2D eigenvalue weighted by molar-refractivity contribution is -0.145. The van der Waals surface area contributed by atoms with Crippen LogP contribution in [0.3, 0.4) is 0 Å². The molecule has 5 heteroatoms. The SMILES string of the molecule is O=C(O)C1CCCCN1C(c1ccc(Br)cc1)c1ccc2cnccc2c1. The van der Waals surface area contributed by atoms with Crippen molar-refractivity contribution in [2.45, 2.75) is 31.3 Å². The maximum atomic E-state index is 11.9. The van der Waals surface area contributed by atoms with Crippen LogP contribution in [0, 0.1) is 0 Å². The Bertz CT molecular complexity index is 958. The smallest absolute Gasteiger partial charge is 0.320 e. The third-order valence-electron chi connectivity index (χ3n) is 5.33. The van der Waals surface area contributed by atoms with Gasteiger partial charge in [0.1, 0.15) is 6.04 Å². The number of nitrogens with zero attached hydrogens (tertiary/aromatic N) is 2. The van der Waals surface area contributed by atoms with Crippen LogP contribution in [0.15, 0.2) is 65.4 Å². The molecule has 0 spiro atoms. The highest BCUT2D eigenvalue weighted by molar-refractivity contribution is 9.10. The molecule has 0 saturated carbocycles. The Morgan fingerprint density at radius 2 is 1.85 bits per heavy atom. The number of rotatable bonds is 4. The van der Waals surface area contributed by atoms with Crippen molar-refractivity contribution in [3.8, 4) is 0 Å². The van der Waals surface area contributed by atoms with Gasteiger partial charge in [0.15, 0.2) is 0 Å². The van der Waals surface area contributed by atoms with Crippen molar-refractivity contribution >= 4 is 32.7 Å². The predicted octanol–water partition coefficient (Wildman–Crippen LogP) is 5.03. The average molecular weight is 425 g/mol. The highest BCUT2D eigenvalue weighted by atomic mass is 79.9. The van der Waals surface area contributed by atoms with Gasteiger partial charge in [-0.2, -0.15) is 0 Å². The second kappa shape index (κ2) is 7.79. The van der Waals surface area contributed by atoms with Crippen molar-refractivity contribution in [2.75, 3.05) is 6.54 Å². The second-order valence-electron chi connectivity index (χ2n) is 7.02. The van der Waals surface area contributed by atoms with Crippen molar-refractivity contribution in [1.82, 2.24) is 9.88 Å². The fraction of sp³-hybridized carbons (Fsp3) is 0.273. The number of hydrogen-bond acceptors (Lipinski definition) is 3. The normalized spacial score (nSPS) is 19.1. The minimum absolute atomic E-state index is 0.0861. The Kier molecular flexibility index (Phi) is 5.23. The molecule has 1 saturated heterocycles. The van der Waals surface area contributed by atoms with E-state index in [1.165, 1.54) is 0 Å². The number of carboxylic acid groups (broad SMARTS) is 1. The molecule has 4 nitrogen and oxygen atoms in total. The van der Waals surface area contributed by atoms with E-state index in [-0.39, 0.29) is 6.04 Å². The molecule has 2 aromatic carbocycles. The lowest BCUT2D eigenvalue weighted by atomic mass is 9.91. The van der Waals surface area contributed by atoms with Gasteiger partial charge in [-0.25, -0.2) is 0 Å². The van der Waals surface area contributed by atoms with Crippen molar-refractivity contribution in [2.24, 2.45) is 0 Å². The topological polar surface area (TPSA) is 53.4 Å². The first kappa shape index (κ1) is 18.1. The van der Waals surface area contributed by atoms with E-state index in [1.54, 1.807) is 6.20 Å². The summed E-state index contributed by atoms with van der Waals surface area (Å²) in [5.41, 5.74) is 2.23. The number of pyridine rings is 1. The molecule has 2 heterocycles. The summed E-state index contributed by atoms with van der Waals surface area (Å²) in [7, 11) is 0. The monoisotopic (exact) mass is 424 g/mol. The van der Waals surface area contributed by atoms with Gasteiger partial charge in [0, 0.05) is 22.3 Å². The molecule has 138 valence electrons. The van der Waals surface area contributed by atoms with Crippen molar-refractivity contribution in [3.05, 3.63) is 76.5 Å². The van der Waals surface area contributed by atoms with Crippen molar-refractivity contribution < 1.29 is 9.90 Å². The number of hydrogen-bond donors (Lipinski definition) is 1. The van der Waals surface area contributed by atoms with E-state index in [0.29, 0.717) is 6.42 Å². The number of fused-ring (bicyclic) bond motifs is 1. The molecule has 1 fully saturated rings. The third-order valence-corrected chi connectivity index (χ3v) is 5.86. The quantitative estimate of drug-likeness (QED) is 0.638. The summed E-state index contributed by atoms with van der Waals surface area (Å²) in [5.74, 6) is -0.734. The number of likely N-dealkylation sites (tertiary alicyclic amines) is 1. The van der Waals surface area contributed by atoms with Gasteiger partial charge in [0.05, 0.1) is 6.04 Å². The maximum absolute atomic E-state index is 11.9. The Morgan fingerprint density at radius 1 is 1.07 bits per heavy atom. The lowest BCUT2D eigenvalue weighted by Crippen LogP contribution is -2.46. The van der Waals surface area contributed by atoms with Crippen LogP contribution in [0.2, 0.25) is 0 Å². The Labute approximate surface area is 167 Å². The average Bonchev–Trinajstić information content (AvgIpc) is 2.70. The zero-order chi connectivity index (χ0) is 18.8. The van der Waals surface area contributed by atoms with Gasteiger partial charge in [0.2, 0.25) is 0 Å². The van der Waals surface area contributed by atoms with Crippen LogP contribution >= 0.6 is 15.9 Å². The summed E-state index contributed by atoms with van der Waals surface area (Å²) in [6.07, 6.45) is 6.33. The molecule has 4 rings (SSSR count). The molecule has 0 amide bonds. The summed E-state index contributed by atoms with van der Waals surface area (Å²) in [6.45, 7) is 0.784. The predicted molar refractivity (Wildman–Crippen MR) is 110 cm³/mol. The second-order valence-corrected chi connectivity index (χ2v) is 7.94. The van der Waals surface area contributed by atoms with Gasteiger partial charge in [-0.15, -0.1) is 0 Å². The summed E-state index contributed by atoms with van der Waals surface area (Å²) in [5, 5.41) is 12.0. The van der Waals surface area contributed by atoms with Crippen LogP contribution in [-0.2, 0) is 4.79 Å². The van der Waals surface area contributed by atoms with E-state index in [4.69, 9.17) is 0 Å². The molecular weight excluding hydrogens is 404 g/mol. The standard InChI is InChI=1S/C22H21BrN2O2/c23-19-8-6-15(7-9-19)21(25-12-2-1-3-20(25)22(26)27)17-4-5-18-14-24-11-10-16(18)13-17/h4-11,13-14,20-21H,1-3,12H2,(H,26,27). The maximum Gasteiger partial charge on any atom is 0.320 e. The summed E-state index contributed by atoms with van der Waals surface area (Å²) >= 11 is 3.50.